The zero-order valence-corrected chi connectivity index (χ0v) is 16.1. The Morgan fingerprint density at radius 2 is 1.86 bits per heavy atom. The number of phenolic OH excluding ortho intramolecular Hbond substituents is 1. The fourth-order valence-corrected chi connectivity index (χ4v) is 2.80. The van der Waals surface area contributed by atoms with Gasteiger partial charge in [0.1, 0.15) is 18.1 Å². The van der Waals surface area contributed by atoms with Crippen LogP contribution in [0.3, 0.4) is 0 Å². The van der Waals surface area contributed by atoms with E-state index in [0.29, 0.717) is 26.9 Å². The molecule has 7 heteroatoms. The zero-order valence-electron chi connectivity index (χ0n) is 14.6. The summed E-state index contributed by atoms with van der Waals surface area (Å²) in [6, 6.07) is 18.4. The minimum atomic E-state index is -0.358. The van der Waals surface area contributed by atoms with Gasteiger partial charge in [0.25, 0.3) is 5.91 Å². The number of carbonyl (C=O) groups is 1. The van der Waals surface area contributed by atoms with E-state index in [1.807, 2.05) is 0 Å². The van der Waals surface area contributed by atoms with Crippen LogP contribution >= 0.6 is 23.2 Å². The molecule has 0 saturated carbocycles. The Bertz CT molecular complexity index is 1000. The van der Waals surface area contributed by atoms with E-state index in [0.717, 1.165) is 5.56 Å². The number of hydrazone groups is 1. The lowest BCUT2D eigenvalue weighted by Gasteiger charge is -2.08. The van der Waals surface area contributed by atoms with Gasteiger partial charge in [-0.2, -0.15) is 5.10 Å². The molecule has 0 saturated heterocycles. The number of aromatic hydroxyl groups is 1. The topological polar surface area (TPSA) is 70.9 Å². The van der Waals surface area contributed by atoms with Gasteiger partial charge in [-0.25, -0.2) is 5.43 Å². The fourth-order valence-electron chi connectivity index (χ4n) is 2.34. The Hall–Kier alpha value is -3.02. The number of nitrogens with one attached hydrogen (secondary N) is 1. The Morgan fingerprint density at radius 1 is 1.07 bits per heavy atom. The van der Waals surface area contributed by atoms with Gasteiger partial charge in [-0.05, 0) is 54.1 Å². The quantitative estimate of drug-likeness (QED) is 0.438. The van der Waals surface area contributed by atoms with Crippen molar-refractivity contribution in [1.29, 1.82) is 0 Å². The van der Waals surface area contributed by atoms with Crippen LogP contribution in [0.1, 0.15) is 21.5 Å². The molecule has 0 aliphatic rings. The molecule has 0 atom stereocenters. The van der Waals surface area contributed by atoms with E-state index in [-0.39, 0.29) is 18.3 Å². The molecule has 1 amide bonds. The van der Waals surface area contributed by atoms with E-state index >= 15 is 0 Å². The molecule has 5 nitrogen and oxygen atoms in total. The van der Waals surface area contributed by atoms with Crippen molar-refractivity contribution in [2.24, 2.45) is 5.10 Å². The minimum Gasteiger partial charge on any atom is -0.508 e. The number of amides is 1. The van der Waals surface area contributed by atoms with Crippen LogP contribution in [0.25, 0.3) is 0 Å². The van der Waals surface area contributed by atoms with Crippen molar-refractivity contribution in [3.63, 3.8) is 0 Å². The van der Waals surface area contributed by atoms with Crippen LogP contribution in [0.2, 0.25) is 10.0 Å². The highest BCUT2D eigenvalue weighted by Crippen LogP contribution is 2.23. The summed E-state index contributed by atoms with van der Waals surface area (Å²) in [6.07, 6.45) is 1.45. The lowest BCUT2D eigenvalue weighted by Crippen LogP contribution is -2.17. The van der Waals surface area contributed by atoms with E-state index in [1.165, 1.54) is 12.3 Å². The second-order valence-corrected chi connectivity index (χ2v) is 6.69. The molecule has 0 unspecified atom stereocenters. The summed E-state index contributed by atoms with van der Waals surface area (Å²) >= 11 is 12.0. The van der Waals surface area contributed by atoms with Crippen molar-refractivity contribution < 1.29 is 14.6 Å². The van der Waals surface area contributed by atoms with E-state index < -0.39 is 0 Å². The van der Waals surface area contributed by atoms with E-state index in [4.69, 9.17) is 27.9 Å². The van der Waals surface area contributed by atoms with E-state index in [9.17, 15) is 9.90 Å². The summed E-state index contributed by atoms with van der Waals surface area (Å²) in [5.41, 5.74) is 4.36. The molecular weight excluding hydrogens is 399 g/mol. The second-order valence-electron chi connectivity index (χ2n) is 5.84. The standard InChI is InChI=1S/C21H16Cl2N2O3/c22-17-7-4-16(20(23)11-17)13-28-19-8-5-15(6-9-19)21(27)25-24-12-14-2-1-3-18(26)10-14/h1-12,26H,13H2,(H,25,27)/b24-12-. The van der Waals surface area contributed by atoms with E-state index in [1.54, 1.807) is 60.7 Å². The maximum atomic E-state index is 12.1. The molecule has 0 fully saturated rings. The van der Waals surface area contributed by atoms with Gasteiger partial charge < -0.3 is 9.84 Å². The largest absolute Gasteiger partial charge is 0.508 e. The molecule has 3 rings (SSSR count). The minimum absolute atomic E-state index is 0.130. The molecule has 0 radical (unpaired) electrons. The number of hydrogen-bond acceptors (Lipinski definition) is 4. The molecule has 142 valence electrons. The number of rotatable bonds is 6. The molecule has 3 aromatic rings. The number of hydrogen-bond donors (Lipinski definition) is 2. The van der Waals surface area contributed by atoms with Gasteiger partial charge in [0, 0.05) is 21.2 Å². The number of ether oxygens (including phenoxy) is 1. The van der Waals surface area contributed by atoms with Crippen molar-refractivity contribution >= 4 is 35.3 Å². The highest BCUT2D eigenvalue weighted by molar-refractivity contribution is 6.35. The maximum Gasteiger partial charge on any atom is 0.271 e. The number of halogens is 2. The van der Waals surface area contributed by atoms with Gasteiger partial charge in [0.2, 0.25) is 0 Å². The first-order chi connectivity index (χ1) is 13.5. The average molecular weight is 415 g/mol. The molecule has 0 heterocycles. The summed E-state index contributed by atoms with van der Waals surface area (Å²) < 4.78 is 5.69. The predicted molar refractivity (Wildman–Crippen MR) is 110 cm³/mol. The summed E-state index contributed by atoms with van der Waals surface area (Å²) in [6.45, 7) is 0.287. The van der Waals surface area contributed by atoms with Crippen LogP contribution in [-0.4, -0.2) is 17.2 Å². The highest BCUT2D eigenvalue weighted by atomic mass is 35.5. The van der Waals surface area contributed by atoms with E-state index in [2.05, 4.69) is 10.5 Å². The fraction of sp³-hybridized carbons (Fsp3) is 0.0476. The molecule has 3 aromatic carbocycles. The third-order valence-corrected chi connectivity index (χ3v) is 4.36. The molecule has 0 spiro atoms. The second kappa shape index (κ2) is 9.26. The summed E-state index contributed by atoms with van der Waals surface area (Å²) in [5, 5.41) is 14.4. The summed E-state index contributed by atoms with van der Waals surface area (Å²) in [5.74, 6) is 0.375. The Kier molecular flexibility index (Phi) is 6.53. The lowest BCUT2D eigenvalue weighted by atomic mass is 10.2. The van der Waals surface area contributed by atoms with Crippen molar-refractivity contribution in [3.8, 4) is 11.5 Å². The number of carbonyl (C=O) groups excluding carboxylic acids is 1. The average Bonchev–Trinajstić information content (AvgIpc) is 2.68. The molecule has 2 N–H and O–H groups in total. The Labute approximate surface area is 172 Å². The first-order valence-corrected chi connectivity index (χ1v) is 9.06. The first-order valence-electron chi connectivity index (χ1n) is 8.30. The SMILES string of the molecule is O=C(N/N=C\c1cccc(O)c1)c1ccc(OCc2ccc(Cl)cc2Cl)cc1. The van der Waals surface area contributed by atoms with Gasteiger partial charge in [0.15, 0.2) is 0 Å². The van der Waals surface area contributed by atoms with Crippen LogP contribution in [0.15, 0.2) is 71.8 Å². The molecule has 0 bridgehead atoms. The Balaban J connectivity index is 1.55. The van der Waals surface area contributed by atoms with Crippen LogP contribution in [0.5, 0.6) is 11.5 Å². The van der Waals surface area contributed by atoms with Crippen molar-refractivity contribution in [2.75, 3.05) is 0 Å². The number of phenols is 1. The third kappa shape index (κ3) is 5.49. The van der Waals surface area contributed by atoms with Crippen molar-refractivity contribution in [2.45, 2.75) is 6.61 Å². The smallest absolute Gasteiger partial charge is 0.271 e. The third-order valence-electron chi connectivity index (χ3n) is 3.78. The molecule has 0 aromatic heterocycles. The summed E-state index contributed by atoms with van der Waals surface area (Å²) in [4.78, 5) is 12.1. The van der Waals surface area contributed by atoms with Gasteiger partial charge in [-0.15, -0.1) is 0 Å². The number of nitrogens with zero attached hydrogens (tertiary/aromatic N) is 1. The molecule has 0 aliphatic carbocycles. The first kappa shape index (κ1) is 19.7. The van der Waals surface area contributed by atoms with Gasteiger partial charge in [-0.1, -0.05) is 41.4 Å². The van der Waals surface area contributed by atoms with Crippen molar-refractivity contribution in [3.05, 3.63) is 93.5 Å². The Morgan fingerprint density at radius 3 is 2.57 bits per heavy atom. The predicted octanol–water partition coefficient (Wildman–Crippen LogP) is 5.04. The van der Waals surface area contributed by atoms with Crippen molar-refractivity contribution in [1.82, 2.24) is 5.43 Å². The molecule has 28 heavy (non-hydrogen) atoms. The van der Waals surface area contributed by atoms with Crippen LogP contribution in [-0.2, 0) is 6.61 Å². The highest BCUT2D eigenvalue weighted by Gasteiger charge is 2.06. The van der Waals surface area contributed by atoms with Crippen LogP contribution in [0.4, 0.5) is 0 Å². The number of benzene rings is 3. The maximum absolute atomic E-state index is 12.1. The van der Waals surface area contributed by atoms with Gasteiger partial charge in [-0.3, -0.25) is 4.79 Å². The summed E-state index contributed by atoms with van der Waals surface area (Å²) in [7, 11) is 0. The van der Waals surface area contributed by atoms with Crippen LogP contribution < -0.4 is 10.2 Å². The monoisotopic (exact) mass is 414 g/mol. The molecule has 0 aliphatic heterocycles. The lowest BCUT2D eigenvalue weighted by molar-refractivity contribution is 0.0955. The molecular formula is C21H16Cl2N2O3. The van der Waals surface area contributed by atoms with Gasteiger partial charge in [0.05, 0.1) is 6.21 Å². The normalized spacial score (nSPS) is 10.8. The van der Waals surface area contributed by atoms with Gasteiger partial charge >= 0.3 is 0 Å². The zero-order chi connectivity index (χ0) is 19.9. The van der Waals surface area contributed by atoms with Crippen LogP contribution in [0, 0.1) is 0 Å².